The van der Waals surface area contributed by atoms with E-state index in [1.807, 2.05) is 6.92 Å². The number of benzene rings is 1. The van der Waals surface area contributed by atoms with Gasteiger partial charge in [-0.3, -0.25) is 10.1 Å². The van der Waals surface area contributed by atoms with Crippen LogP contribution in [0.4, 0.5) is 13.2 Å². The lowest BCUT2D eigenvalue weighted by atomic mass is 10.0. The zero-order valence-electron chi connectivity index (χ0n) is 14.0. The van der Waals surface area contributed by atoms with Crippen LogP contribution in [0, 0.1) is 0 Å². The van der Waals surface area contributed by atoms with Crippen molar-refractivity contribution in [3.05, 3.63) is 45.6 Å². The molecule has 5 nitrogen and oxygen atoms in total. The molecular weight excluding hydrogens is 402 g/mol. The number of allylic oxidation sites excluding steroid dienone is 2. The van der Waals surface area contributed by atoms with Crippen LogP contribution in [0.1, 0.15) is 25.3 Å². The number of nitrogens with zero attached hydrogens (tertiary/aromatic N) is 3. The minimum absolute atomic E-state index is 0.0623. The number of fused-ring (bicyclic) bond motifs is 2. The summed E-state index contributed by atoms with van der Waals surface area (Å²) in [6.45, 7) is 1.97. The molecule has 0 radical (unpaired) electrons. The molecule has 0 aliphatic carbocycles. The van der Waals surface area contributed by atoms with Crippen molar-refractivity contribution in [2.45, 2.75) is 32.1 Å². The molecule has 0 bridgehead atoms. The predicted molar refractivity (Wildman–Crippen MR) is 99.1 cm³/mol. The first-order valence-electron chi connectivity index (χ1n) is 8.25. The fraction of sp³-hybridized carbons (Fsp3) is 0.294. The Morgan fingerprint density at radius 2 is 2.04 bits per heavy atom. The maximum atomic E-state index is 13.8. The number of aromatic amines is 1. The van der Waals surface area contributed by atoms with Crippen molar-refractivity contribution in [1.29, 1.82) is 0 Å². The van der Waals surface area contributed by atoms with Crippen molar-refractivity contribution >= 4 is 45.6 Å². The van der Waals surface area contributed by atoms with E-state index in [0.29, 0.717) is 22.9 Å². The molecule has 0 saturated heterocycles. The van der Waals surface area contributed by atoms with Gasteiger partial charge in [0.1, 0.15) is 6.17 Å². The third-order valence-corrected chi connectivity index (χ3v) is 4.95. The van der Waals surface area contributed by atoms with Gasteiger partial charge in [0.2, 0.25) is 0 Å². The minimum atomic E-state index is -4.61. The summed E-state index contributed by atoms with van der Waals surface area (Å²) in [5.74, 6) is 0.265. The highest BCUT2D eigenvalue weighted by Gasteiger charge is 2.43. The fourth-order valence-corrected chi connectivity index (χ4v) is 3.73. The summed E-state index contributed by atoms with van der Waals surface area (Å²) in [4.78, 5) is 4.43. The second-order valence-electron chi connectivity index (χ2n) is 6.27. The number of alkyl halides is 3. The Balaban J connectivity index is 1.93. The lowest BCUT2D eigenvalue weighted by molar-refractivity contribution is -0.0884. The van der Waals surface area contributed by atoms with E-state index < -0.39 is 11.7 Å². The molecule has 0 saturated carbocycles. The Labute approximate surface area is 162 Å². The largest absolute Gasteiger partial charge is 0.418 e. The van der Waals surface area contributed by atoms with Gasteiger partial charge < -0.3 is 0 Å². The van der Waals surface area contributed by atoms with E-state index in [2.05, 4.69) is 20.6 Å². The van der Waals surface area contributed by atoms with Gasteiger partial charge in [0.05, 0.1) is 33.0 Å². The first-order valence-corrected chi connectivity index (χ1v) is 9.01. The average molecular weight is 416 g/mol. The summed E-state index contributed by atoms with van der Waals surface area (Å²) >= 11 is 12.4. The van der Waals surface area contributed by atoms with Crippen LogP contribution in [-0.2, 0) is 0 Å². The van der Waals surface area contributed by atoms with Gasteiger partial charge in [-0.05, 0) is 24.6 Å². The molecule has 0 amide bonds. The summed E-state index contributed by atoms with van der Waals surface area (Å²) < 4.78 is 41.4. The van der Waals surface area contributed by atoms with Crippen LogP contribution < -0.4 is 5.43 Å². The standard InChI is InChI=1S/C17H14Cl2F3N5/c1-2-3-13-24-16-12(19)6-10(17(20,21)22)15(27(16)26-13)8-4-9-7-23-25-14(9)11(18)5-8/h4-7,13,26H,2-3H2,1H3,(H,23,25). The molecule has 2 aliphatic heterocycles. The number of aliphatic imine (C=N–C) groups is 1. The molecule has 2 aromatic rings. The van der Waals surface area contributed by atoms with Crippen LogP contribution in [0.2, 0.25) is 5.02 Å². The lowest BCUT2D eigenvalue weighted by Crippen LogP contribution is -2.42. The van der Waals surface area contributed by atoms with Crippen molar-refractivity contribution in [3.8, 4) is 0 Å². The van der Waals surface area contributed by atoms with Crippen LogP contribution >= 0.6 is 23.2 Å². The number of hydrazine groups is 1. The number of halogens is 5. The molecule has 10 heteroatoms. The number of aromatic nitrogens is 2. The third kappa shape index (κ3) is 3.11. The number of rotatable bonds is 3. The van der Waals surface area contributed by atoms with E-state index in [1.54, 1.807) is 6.07 Å². The lowest BCUT2D eigenvalue weighted by Gasteiger charge is -2.30. The number of hydrogen-bond acceptors (Lipinski definition) is 4. The smallest absolute Gasteiger partial charge is 0.276 e. The van der Waals surface area contributed by atoms with Crippen LogP contribution in [0.25, 0.3) is 16.6 Å². The van der Waals surface area contributed by atoms with E-state index >= 15 is 0 Å². The molecular formula is C17H14Cl2F3N5. The number of amidine groups is 1. The normalized spacial score (nSPS) is 20.2. The molecule has 2 aliphatic rings. The van der Waals surface area contributed by atoms with Gasteiger partial charge in [0.15, 0.2) is 5.84 Å². The zero-order valence-corrected chi connectivity index (χ0v) is 15.5. The van der Waals surface area contributed by atoms with Gasteiger partial charge in [-0.1, -0.05) is 36.5 Å². The summed E-state index contributed by atoms with van der Waals surface area (Å²) in [6, 6.07) is 3.08. The van der Waals surface area contributed by atoms with Crippen LogP contribution in [0.3, 0.4) is 0 Å². The van der Waals surface area contributed by atoms with Crippen LogP contribution in [0.15, 0.2) is 40.0 Å². The van der Waals surface area contributed by atoms with Gasteiger partial charge in [-0.25, -0.2) is 10.4 Å². The number of nitrogens with one attached hydrogen (secondary N) is 2. The van der Waals surface area contributed by atoms with E-state index in [-0.39, 0.29) is 27.8 Å². The molecule has 2 N–H and O–H groups in total. The number of hydrogen-bond donors (Lipinski definition) is 2. The second-order valence-corrected chi connectivity index (χ2v) is 7.08. The van der Waals surface area contributed by atoms with E-state index in [4.69, 9.17) is 23.2 Å². The molecule has 1 aromatic heterocycles. The minimum Gasteiger partial charge on any atom is -0.276 e. The van der Waals surface area contributed by atoms with Crippen molar-refractivity contribution in [1.82, 2.24) is 20.6 Å². The molecule has 0 spiro atoms. The molecule has 1 atom stereocenters. The van der Waals surface area contributed by atoms with Crippen molar-refractivity contribution in [3.63, 3.8) is 0 Å². The van der Waals surface area contributed by atoms with Crippen molar-refractivity contribution in [2.75, 3.05) is 0 Å². The topological polar surface area (TPSA) is 56.3 Å². The van der Waals surface area contributed by atoms with E-state index in [9.17, 15) is 13.2 Å². The van der Waals surface area contributed by atoms with Crippen LogP contribution in [0.5, 0.6) is 0 Å². The van der Waals surface area contributed by atoms with Gasteiger partial charge in [-0.2, -0.15) is 18.3 Å². The Bertz CT molecular complexity index is 1010. The van der Waals surface area contributed by atoms with Gasteiger partial charge >= 0.3 is 6.18 Å². The monoisotopic (exact) mass is 415 g/mol. The molecule has 3 heterocycles. The second kappa shape index (κ2) is 6.54. The van der Waals surface area contributed by atoms with E-state index in [0.717, 1.165) is 12.5 Å². The van der Waals surface area contributed by atoms with Gasteiger partial charge in [0, 0.05) is 10.9 Å². The quantitative estimate of drug-likeness (QED) is 0.743. The summed E-state index contributed by atoms with van der Waals surface area (Å²) in [5.41, 5.74) is 2.91. The van der Waals surface area contributed by atoms with Crippen LogP contribution in [-0.4, -0.2) is 33.4 Å². The van der Waals surface area contributed by atoms with E-state index in [1.165, 1.54) is 17.3 Å². The summed E-state index contributed by atoms with van der Waals surface area (Å²) in [7, 11) is 0. The Morgan fingerprint density at radius 1 is 1.26 bits per heavy atom. The maximum absolute atomic E-state index is 13.8. The molecule has 27 heavy (non-hydrogen) atoms. The summed E-state index contributed by atoms with van der Waals surface area (Å²) in [6.07, 6.45) is -1.04. The fourth-order valence-electron chi connectivity index (χ4n) is 3.22. The highest BCUT2D eigenvalue weighted by atomic mass is 35.5. The maximum Gasteiger partial charge on any atom is 0.418 e. The number of H-pyrrole nitrogens is 1. The first-order chi connectivity index (χ1) is 12.8. The SMILES string of the molecule is CCCC1N=C2C(Cl)=CC(C(F)(F)F)=C(c3cc(Cl)c4[nH]ncc4c3)N2N1. The highest BCUT2D eigenvalue weighted by molar-refractivity contribution is 6.44. The Morgan fingerprint density at radius 3 is 2.74 bits per heavy atom. The van der Waals surface area contributed by atoms with Gasteiger partial charge in [-0.15, -0.1) is 0 Å². The van der Waals surface area contributed by atoms with Crippen molar-refractivity contribution in [2.24, 2.45) is 4.99 Å². The molecule has 1 aromatic carbocycles. The third-order valence-electron chi connectivity index (χ3n) is 4.37. The Kier molecular flexibility index (Phi) is 4.44. The average Bonchev–Trinajstić information content (AvgIpc) is 3.21. The molecule has 4 rings (SSSR count). The zero-order chi connectivity index (χ0) is 19.3. The summed E-state index contributed by atoms with van der Waals surface area (Å²) in [5, 5.41) is 8.76. The predicted octanol–water partition coefficient (Wildman–Crippen LogP) is 4.97. The molecule has 1 unspecified atom stereocenters. The highest BCUT2D eigenvalue weighted by Crippen LogP contribution is 2.42. The Hall–Kier alpha value is -2.03. The molecule has 142 valence electrons. The van der Waals surface area contributed by atoms with Crippen molar-refractivity contribution < 1.29 is 13.2 Å². The van der Waals surface area contributed by atoms with Gasteiger partial charge in [0.25, 0.3) is 0 Å². The molecule has 0 fully saturated rings. The first kappa shape index (κ1) is 18.3.